The third-order valence-electron chi connectivity index (χ3n) is 4.48. The molecular weight excluding hydrogens is 468 g/mol. The van der Waals surface area contributed by atoms with Gasteiger partial charge in [-0.1, -0.05) is 15.9 Å². The Morgan fingerprint density at radius 3 is 2.14 bits per heavy atom. The Morgan fingerprint density at radius 1 is 1.00 bits per heavy atom. The number of nitrogens with zero attached hydrogens (tertiary/aromatic N) is 1. The van der Waals surface area contributed by atoms with Crippen molar-refractivity contribution in [3.05, 3.63) is 53.0 Å². The van der Waals surface area contributed by atoms with E-state index in [-0.39, 0.29) is 16.3 Å². The number of carbonyl (C=O) groups excluding carboxylic acids is 1. The molecule has 28 heavy (non-hydrogen) atoms. The minimum absolute atomic E-state index is 0.132. The van der Waals surface area contributed by atoms with Gasteiger partial charge in [-0.05, 0) is 61.4 Å². The topological polar surface area (TPSA) is 101 Å². The Kier molecular flexibility index (Phi) is 5.95. The monoisotopic (exact) mass is 486 g/mol. The highest BCUT2D eigenvalue weighted by molar-refractivity contribution is 9.10. The summed E-state index contributed by atoms with van der Waals surface area (Å²) in [5.74, 6) is -0.440. The Bertz CT molecular complexity index is 1080. The zero-order valence-electron chi connectivity index (χ0n) is 15.0. The highest BCUT2D eigenvalue weighted by Crippen LogP contribution is 2.28. The van der Waals surface area contributed by atoms with E-state index >= 15 is 0 Å². The summed E-state index contributed by atoms with van der Waals surface area (Å²) in [6, 6.07) is 11.2. The van der Waals surface area contributed by atoms with Crippen LogP contribution in [0.15, 0.2) is 62.8 Å². The van der Waals surface area contributed by atoms with Gasteiger partial charge in [0, 0.05) is 23.0 Å². The number of sulfonamides is 1. The lowest BCUT2D eigenvalue weighted by Gasteiger charge is -2.23. The van der Waals surface area contributed by atoms with Crippen molar-refractivity contribution >= 4 is 47.4 Å². The largest absolute Gasteiger partial charge is 0.325 e. The van der Waals surface area contributed by atoms with Crippen LogP contribution in [0.1, 0.15) is 12.8 Å². The van der Waals surface area contributed by atoms with E-state index in [1.807, 2.05) is 0 Å². The van der Waals surface area contributed by atoms with Gasteiger partial charge in [0.05, 0.1) is 9.79 Å². The predicted molar refractivity (Wildman–Crippen MR) is 109 cm³/mol. The van der Waals surface area contributed by atoms with E-state index in [9.17, 15) is 21.6 Å². The maximum Gasteiger partial charge on any atom is 0.243 e. The number of carbonyl (C=O) groups is 1. The number of nitrogens with one attached hydrogen (secondary N) is 1. The van der Waals surface area contributed by atoms with E-state index < -0.39 is 31.8 Å². The third-order valence-corrected chi connectivity index (χ3v) is 8.06. The van der Waals surface area contributed by atoms with Gasteiger partial charge >= 0.3 is 0 Å². The summed E-state index contributed by atoms with van der Waals surface area (Å²) in [6.45, 7) is 0.267. The second kappa shape index (κ2) is 7.94. The van der Waals surface area contributed by atoms with Crippen LogP contribution in [0.5, 0.6) is 0 Å². The maximum absolute atomic E-state index is 12.9. The molecule has 0 radical (unpaired) electrons. The van der Waals surface area contributed by atoms with Crippen molar-refractivity contribution in [1.82, 2.24) is 4.31 Å². The molecule has 2 aromatic rings. The van der Waals surface area contributed by atoms with Crippen molar-refractivity contribution in [3.63, 3.8) is 0 Å². The van der Waals surface area contributed by atoms with Crippen molar-refractivity contribution in [3.8, 4) is 0 Å². The van der Waals surface area contributed by atoms with Gasteiger partial charge in [-0.3, -0.25) is 4.79 Å². The summed E-state index contributed by atoms with van der Waals surface area (Å²) in [5, 5.41) is 2.68. The second-order valence-electron chi connectivity index (χ2n) is 6.51. The molecule has 1 heterocycles. The van der Waals surface area contributed by atoms with Gasteiger partial charge in [0.2, 0.25) is 15.9 Å². The molecule has 0 saturated carbocycles. The Balaban J connectivity index is 1.78. The molecule has 7 nitrogen and oxygen atoms in total. The van der Waals surface area contributed by atoms with Crippen molar-refractivity contribution in [2.24, 2.45) is 0 Å². The van der Waals surface area contributed by atoms with Crippen molar-refractivity contribution in [2.75, 3.05) is 18.1 Å². The number of halogens is 1. The number of anilines is 1. The molecule has 1 atom stereocenters. The normalized spacial score (nSPS) is 18.1. The van der Waals surface area contributed by atoms with Gasteiger partial charge in [0.25, 0.3) is 0 Å². The van der Waals surface area contributed by atoms with Gasteiger partial charge in [-0.25, -0.2) is 16.8 Å². The molecule has 1 amide bonds. The average Bonchev–Trinajstić information content (AvgIpc) is 3.12. The molecule has 10 heteroatoms. The minimum atomic E-state index is -3.80. The SMILES string of the molecule is CS(=O)(=O)c1ccc(NC(=O)C2CCCN2S(=O)(=O)c2ccc(Br)cc2)cc1. The summed E-state index contributed by atoms with van der Waals surface area (Å²) in [7, 11) is -7.12. The van der Waals surface area contributed by atoms with Crippen LogP contribution in [0.2, 0.25) is 0 Å². The van der Waals surface area contributed by atoms with Gasteiger partial charge in [-0.2, -0.15) is 4.31 Å². The molecule has 0 aliphatic carbocycles. The molecule has 0 bridgehead atoms. The van der Waals surface area contributed by atoms with Crippen LogP contribution in [-0.4, -0.2) is 45.9 Å². The molecule has 2 aromatic carbocycles. The molecule has 1 fully saturated rings. The van der Waals surface area contributed by atoms with Crippen molar-refractivity contribution < 1.29 is 21.6 Å². The molecule has 1 aliphatic heterocycles. The summed E-state index contributed by atoms with van der Waals surface area (Å²) < 4.78 is 50.9. The van der Waals surface area contributed by atoms with E-state index in [1.54, 1.807) is 12.1 Å². The lowest BCUT2D eigenvalue weighted by molar-refractivity contribution is -0.119. The molecule has 1 saturated heterocycles. The van der Waals surface area contributed by atoms with E-state index in [1.165, 1.54) is 40.7 Å². The third kappa shape index (κ3) is 4.45. The Morgan fingerprint density at radius 2 is 1.57 bits per heavy atom. The van der Waals surface area contributed by atoms with Gasteiger partial charge in [0.1, 0.15) is 6.04 Å². The molecule has 150 valence electrons. The van der Waals surface area contributed by atoms with Crippen LogP contribution in [0.3, 0.4) is 0 Å². The fraction of sp³-hybridized carbons (Fsp3) is 0.278. The smallest absolute Gasteiger partial charge is 0.243 e. The van der Waals surface area contributed by atoms with E-state index in [0.717, 1.165) is 10.7 Å². The number of rotatable bonds is 5. The molecule has 0 spiro atoms. The number of sulfone groups is 1. The quantitative estimate of drug-likeness (QED) is 0.699. The number of hydrogen-bond donors (Lipinski definition) is 1. The molecule has 3 rings (SSSR count). The van der Waals surface area contributed by atoms with Crippen LogP contribution >= 0.6 is 15.9 Å². The lowest BCUT2D eigenvalue weighted by atomic mass is 10.2. The summed E-state index contributed by atoms with van der Waals surface area (Å²) >= 11 is 3.27. The number of amides is 1. The molecular formula is C18H19BrN2O5S2. The second-order valence-corrected chi connectivity index (χ2v) is 11.3. The molecule has 1 unspecified atom stereocenters. The van der Waals surface area contributed by atoms with Crippen LogP contribution in [0, 0.1) is 0 Å². The van der Waals surface area contributed by atoms with Crippen LogP contribution in [0.4, 0.5) is 5.69 Å². The fourth-order valence-corrected chi connectivity index (χ4v) is 5.59. The predicted octanol–water partition coefficient (Wildman–Crippen LogP) is 2.64. The van der Waals surface area contributed by atoms with Crippen LogP contribution in [0.25, 0.3) is 0 Å². The van der Waals surface area contributed by atoms with Gasteiger partial charge in [-0.15, -0.1) is 0 Å². The molecule has 1 N–H and O–H groups in total. The maximum atomic E-state index is 12.9. The summed E-state index contributed by atoms with van der Waals surface area (Å²) in [4.78, 5) is 13.0. The fourth-order valence-electron chi connectivity index (χ4n) is 3.04. The first-order chi connectivity index (χ1) is 13.1. The van der Waals surface area contributed by atoms with Gasteiger partial charge < -0.3 is 5.32 Å². The highest BCUT2D eigenvalue weighted by Gasteiger charge is 2.39. The van der Waals surface area contributed by atoms with Crippen molar-refractivity contribution in [2.45, 2.75) is 28.7 Å². The zero-order valence-corrected chi connectivity index (χ0v) is 18.2. The molecule has 1 aliphatic rings. The van der Waals surface area contributed by atoms with Crippen LogP contribution < -0.4 is 5.32 Å². The zero-order chi connectivity index (χ0) is 20.5. The average molecular weight is 487 g/mol. The van der Waals surface area contributed by atoms with Crippen molar-refractivity contribution in [1.29, 1.82) is 0 Å². The first-order valence-electron chi connectivity index (χ1n) is 8.47. The number of benzene rings is 2. The first kappa shape index (κ1) is 21.0. The van der Waals surface area contributed by atoms with E-state index in [2.05, 4.69) is 21.2 Å². The Hall–Kier alpha value is -1.75. The highest BCUT2D eigenvalue weighted by atomic mass is 79.9. The Labute approximate surface area is 172 Å². The lowest BCUT2D eigenvalue weighted by Crippen LogP contribution is -2.43. The van der Waals surface area contributed by atoms with Gasteiger partial charge in [0.15, 0.2) is 9.84 Å². The first-order valence-corrected chi connectivity index (χ1v) is 12.6. The van der Waals surface area contributed by atoms with Crippen LogP contribution in [-0.2, 0) is 24.7 Å². The number of hydrogen-bond acceptors (Lipinski definition) is 5. The van der Waals surface area contributed by atoms with E-state index in [4.69, 9.17) is 0 Å². The standard InChI is InChI=1S/C18H19BrN2O5S2/c1-27(23,24)15-10-6-14(7-11-15)20-18(22)17-3-2-12-21(17)28(25,26)16-8-4-13(19)5-9-16/h4-11,17H,2-3,12H2,1H3,(H,20,22). The van der Waals surface area contributed by atoms with E-state index in [0.29, 0.717) is 18.5 Å². The minimum Gasteiger partial charge on any atom is -0.325 e. The summed E-state index contributed by atoms with van der Waals surface area (Å²) in [5.41, 5.74) is 0.408. The molecule has 0 aromatic heterocycles. The summed E-state index contributed by atoms with van der Waals surface area (Å²) in [6.07, 6.45) is 2.11.